The van der Waals surface area contributed by atoms with Gasteiger partial charge in [0.2, 0.25) is 0 Å². The molecule has 7 nitrogen and oxygen atoms in total. The zero-order chi connectivity index (χ0) is 18.6. The summed E-state index contributed by atoms with van der Waals surface area (Å²) in [6.45, 7) is 10.6. The number of aryl methyl sites for hydroxylation is 1. The summed E-state index contributed by atoms with van der Waals surface area (Å²) in [4.78, 5) is 37.0. The smallest absolute Gasteiger partial charge is 0.346 e. The topological polar surface area (TPSA) is 89.7 Å². The van der Waals surface area contributed by atoms with Gasteiger partial charge in [0.1, 0.15) is 5.56 Å². The Labute approximate surface area is 141 Å². The molecule has 0 saturated heterocycles. The van der Waals surface area contributed by atoms with Crippen LogP contribution in [0.5, 0.6) is 0 Å². The number of ether oxygens (including phenoxy) is 1. The Balaban J connectivity index is 3.04. The Kier molecular flexibility index (Phi) is 6.45. The number of amides is 1. The molecular weight excluding hydrogens is 312 g/mol. The van der Waals surface area contributed by atoms with E-state index in [1.807, 2.05) is 27.7 Å². The van der Waals surface area contributed by atoms with Crippen LogP contribution in [0.3, 0.4) is 0 Å². The average molecular weight is 336 g/mol. The van der Waals surface area contributed by atoms with Crippen LogP contribution in [0.25, 0.3) is 0 Å². The number of nitro groups is 1. The summed E-state index contributed by atoms with van der Waals surface area (Å²) in [5.74, 6) is -1.20. The molecule has 1 atom stereocenters. The Hall–Kier alpha value is -2.44. The minimum Gasteiger partial charge on any atom is -0.449 e. The van der Waals surface area contributed by atoms with E-state index in [4.69, 9.17) is 4.74 Å². The monoisotopic (exact) mass is 336 g/mol. The van der Waals surface area contributed by atoms with Gasteiger partial charge < -0.3 is 9.64 Å². The van der Waals surface area contributed by atoms with Crippen LogP contribution in [0.2, 0.25) is 0 Å². The highest BCUT2D eigenvalue weighted by Gasteiger charge is 2.30. The Morgan fingerprint density at radius 2 is 1.67 bits per heavy atom. The number of nitrogens with zero attached hydrogens (tertiary/aromatic N) is 2. The highest BCUT2D eigenvalue weighted by molar-refractivity contribution is 5.97. The number of nitro benzene ring substituents is 1. The van der Waals surface area contributed by atoms with E-state index in [1.54, 1.807) is 17.9 Å². The predicted octanol–water partition coefficient (Wildman–Crippen LogP) is 3.09. The summed E-state index contributed by atoms with van der Waals surface area (Å²) in [7, 11) is 0. The van der Waals surface area contributed by atoms with Crippen molar-refractivity contribution in [2.45, 2.75) is 59.7 Å². The molecule has 0 aliphatic carbocycles. The number of hydrogen-bond acceptors (Lipinski definition) is 5. The molecule has 1 rings (SSSR count). The molecule has 0 N–H and O–H groups in total. The van der Waals surface area contributed by atoms with Crippen molar-refractivity contribution in [3.63, 3.8) is 0 Å². The number of rotatable bonds is 6. The van der Waals surface area contributed by atoms with Gasteiger partial charge in [0.25, 0.3) is 11.6 Å². The van der Waals surface area contributed by atoms with Crippen molar-refractivity contribution in [2.75, 3.05) is 0 Å². The Morgan fingerprint density at radius 1 is 1.12 bits per heavy atom. The van der Waals surface area contributed by atoms with Crippen molar-refractivity contribution in [2.24, 2.45) is 0 Å². The van der Waals surface area contributed by atoms with Crippen LogP contribution < -0.4 is 0 Å². The molecule has 0 saturated carbocycles. The van der Waals surface area contributed by atoms with E-state index in [2.05, 4.69) is 0 Å². The van der Waals surface area contributed by atoms with Crippen molar-refractivity contribution in [3.05, 3.63) is 39.4 Å². The van der Waals surface area contributed by atoms with Crippen molar-refractivity contribution < 1.29 is 19.2 Å². The lowest BCUT2D eigenvalue weighted by Crippen LogP contribution is -2.47. The summed E-state index contributed by atoms with van der Waals surface area (Å²) in [6, 6.07) is 4.23. The van der Waals surface area contributed by atoms with Gasteiger partial charge in [0.05, 0.1) is 4.92 Å². The fourth-order valence-electron chi connectivity index (χ4n) is 2.66. The largest absolute Gasteiger partial charge is 0.449 e. The van der Waals surface area contributed by atoms with Crippen molar-refractivity contribution in [1.29, 1.82) is 0 Å². The van der Waals surface area contributed by atoms with Gasteiger partial charge in [-0.05, 0) is 47.1 Å². The van der Waals surface area contributed by atoms with Crippen LogP contribution in [0.15, 0.2) is 18.2 Å². The summed E-state index contributed by atoms with van der Waals surface area (Å²) in [5, 5.41) is 11.1. The normalized spacial score (nSPS) is 12.2. The van der Waals surface area contributed by atoms with Gasteiger partial charge in [-0.25, -0.2) is 4.79 Å². The number of benzene rings is 1. The second-order valence-electron chi connectivity index (χ2n) is 6.21. The molecule has 1 aromatic carbocycles. The van der Waals surface area contributed by atoms with Crippen LogP contribution in [0.1, 0.15) is 50.5 Å². The molecule has 0 radical (unpaired) electrons. The van der Waals surface area contributed by atoms with E-state index in [0.29, 0.717) is 5.56 Å². The minimum atomic E-state index is -1.03. The highest BCUT2D eigenvalue weighted by atomic mass is 16.6. The molecule has 0 spiro atoms. The molecule has 0 heterocycles. The summed E-state index contributed by atoms with van der Waals surface area (Å²) in [6.07, 6.45) is -1.03. The zero-order valence-corrected chi connectivity index (χ0v) is 14.9. The first-order valence-electron chi connectivity index (χ1n) is 7.85. The SMILES string of the molecule is Cc1cccc([N+](=O)[O-])c1C(=O)OC(C)C(=O)N(C(C)C)C(C)C. The third kappa shape index (κ3) is 4.31. The first-order chi connectivity index (χ1) is 11.1. The van der Waals surface area contributed by atoms with Gasteiger partial charge in [0, 0.05) is 18.2 Å². The second kappa shape index (κ2) is 7.90. The first-order valence-corrected chi connectivity index (χ1v) is 7.85. The maximum atomic E-state index is 12.5. The van der Waals surface area contributed by atoms with Crippen LogP contribution in [0.4, 0.5) is 5.69 Å². The lowest BCUT2D eigenvalue weighted by molar-refractivity contribution is -0.385. The standard InChI is InChI=1S/C17H24N2O5/c1-10(2)18(11(3)4)16(20)13(6)24-17(21)15-12(5)8-7-9-14(15)19(22)23/h7-11,13H,1-6H3. The van der Waals surface area contributed by atoms with E-state index in [0.717, 1.165) is 0 Å². The van der Waals surface area contributed by atoms with Gasteiger partial charge in [0.15, 0.2) is 6.10 Å². The molecule has 0 fully saturated rings. The Morgan fingerprint density at radius 3 is 2.12 bits per heavy atom. The number of carbonyl (C=O) groups is 2. The quantitative estimate of drug-likeness (QED) is 0.452. The van der Waals surface area contributed by atoms with E-state index in [9.17, 15) is 19.7 Å². The predicted molar refractivity (Wildman–Crippen MR) is 89.8 cm³/mol. The lowest BCUT2D eigenvalue weighted by Gasteiger charge is -2.32. The van der Waals surface area contributed by atoms with E-state index in [1.165, 1.54) is 19.1 Å². The van der Waals surface area contributed by atoms with Crippen LogP contribution >= 0.6 is 0 Å². The van der Waals surface area contributed by atoms with Crippen LogP contribution in [-0.4, -0.2) is 39.9 Å². The van der Waals surface area contributed by atoms with Crippen molar-refractivity contribution in [1.82, 2.24) is 4.90 Å². The van der Waals surface area contributed by atoms with Gasteiger partial charge in [-0.1, -0.05) is 12.1 Å². The van der Waals surface area contributed by atoms with Gasteiger partial charge in [-0.2, -0.15) is 0 Å². The molecule has 0 bridgehead atoms. The molecular formula is C17H24N2O5. The second-order valence-corrected chi connectivity index (χ2v) is 6.21. The molecule has 0 aliphatic heterocycles. The van der Waals surface area contributed by atoms with Gasteiger partial charge in [-0.15, -0.1) is 0 Å². The Bertz CT molecular complexity index is 632. The fraction of sp³-hybridized carbons (Fsp3) is 0.529. The lowest BCUT2D eigenvalue weighted by atomic mass is 10.1. The molecule has 132 valence electrons. The third-order valence-corrected chi connectivity index (χ3v) is 3.65. The number of carbonyl (C=O) groups excluding carboxylic acids is 2. The molecule has 1 amide bonds. The van der Waals surface area contributed by atoms with Crippen molar-refractivity contribution >= 4 is 17.6 Å². The van der Waals surface area contributed by atoms with Crippen LogP contribution in [-0.2, 0) is 9.53 Å². The molecule has 1 aromatic rings. The van der Waals surface area contributed by atoms with Gasteiger partial charge >= 0.3 is 5.97 Å². The third-order valence-electron chi connectivity index (χ3n) is 3.65. The summed E-state index contributed by atoms with van der Waals surface area (Å²) < 4.78 is 5.22. The zero-order valence-electron chi connectivity index (χ0n) is 14.9. The van der Waals surface area contributed by atoms with E-state index < -0.39 is 17.0 Å². The maximum Gasteiger partial charge on any atom is 0.346 e. The highest BCUT2D eigenvalue weighted by Crippen LogP contribution is 2.23. The number of esters is 1. The van der Waals surface area contributed by atoms with Gasteiger partial charge in [-0.3, -0.25) is 14.9 Å². The summed E-state index contributed by atoms with van der Waals surface area (Å²) in [5.41, 5.74) is -0.0227. The van der Waals surface area contributed by atoms with E-state index >= 15 is 0 Å². The molecule has 1 unspecified atom stereocenters. The molecule has 7 heteroatoms. The molecule has 24 heavy (non-hydrogen) atoms. The fourth-order valence-corrected chi connectivity index (χ4v) is 2.66. The molecule has 0 aromatic heterocycles. The number of hydrogen-bond donors (Lipinski definition) is 0. The average Bonchev–Trinajstić information content (AvgIpc) is 2.45. The van der Waals surface area contributed by atoms with E-state index in [-0.39, 0.29) is 29.2 Å². The summed E-state index contributed by atoms with van der Waals surface area (Å²) >= 11 is 0. The minimum absolute atomic E-state index is 0.0496. The van der Waals surface area contributed by atoms with Crippen molar-refractivity contribution in [3.8, 4) is 0 Å². The van der Waals surface area contributed by atoms with Crippen LogP contribution in [0, 0.1) is 17.0 Å². The maximum absolute atomic E-state index is 12.5. The molecule has 0 aliphatic rings. The first kappa shape index (κ1) is 19.6.